The molecular weight excluding hydrogens is 404 g/mol. The highest BCUT2D eigenvalue weighted by Gasteiger charge is 2.19. The van der Waals surface area contributed by atoms with Crippen LogP contribution in [0.25, 0.3) is 10.9 Å². The van der Waals surface area contributed by atoms with E-state index in [1.54, 1.807) is 13.1 Å². The maximum absolute atomic E-state index is 12.6. The van der Waals surface area contributed by atoms with Gasteiger partial charge in [-0.1, -0.05) is 6.92 Å². The van der Waals surface area contributed by atoms with E-state index in [0.717, 1.165) is 72.1 Å². The molecule has 2 aromatic heterocycles. The molecule has 1 saturated heterocycles. The Morgan fingerprint density at radius 1 is 1.31 bits per heavy atom. The van der Waals surface area contributed by atoms with Crippen LogP contribution >= 0.6 is 0 Å². The zero-order valence-electron chi connectivity index (χ0n) is 18.6. The second-order valence-electron chi connectivity index (χ2n) is 8.34. The number of hydrogen-bond donors (Lipinski definition) is 3. The Hall–Kier alpha value is -3.75. The average Bonchev–Trinajstić information content (AvgIpc) is 2.78. The SMILES string of the molecule is Cc1cnc(N2CCC(C)CC2)nc1Nc1ccc2c(c1)cc(C(N)=NC=N)c(=O)n2C. The van der Waals surface area contributed by atoms with E-state index < -0.39 is 0 Å². The number of nitrogens with two attached hydrogens (primary N) is 1. The Bertz CT molecular complexity index is 1250. The van der Waals surface area contributed by atoms with Gasteiger partial charge in [-0.3, -0.25) is 10.2 Å². The minimum absolute atomic E-state index is 0.0213. The average molecular weight is 433 g/mol. The molecule has 1 aliphatic rings. The minimum atomic E-state index is -0.256. The fraction of sp³-hybridized carbons (Fsp3) is 0.348. The summed E-state index contributed by atoms with van der Waals surface area (Å²) in [6, 6.07) is 7.45. The first-order valence-electron chi connectivity index (χ1n) is 10.7. The maximum Gasteiger partial charge on any atom is 0.261 e. The van der Waals surface area contributed by atoms with Gasteiger partial charge in [0.1, 0.15) is 18.0 Å². The molecule has 3 aromatic rings. The monoisotopic (exact) mass is 432 g/mol. The topological polar surface area (TPSA) is 125 Å². The van der Waals surface area contributed by atoms with Gasteiger partial charge in [-0.15, -0.1) is 0 Å². The van der Waals surface area contributed by atoms with Crippen LogP contribution in [0.3, 0.4) is 0 Å². The number of aromatic nitrogens is 3. The lowest BCUT2D eigenvalue weighted by Gasteiger charge is -2.30. The number of amidine groups is 1. The summed E-state index contributed by atoms with van der Waals surface area (Å²) < 4.78 is 1.53. The number of aliphatic imine (C=N–C) groups is 1. The smallest absolute Gasteiger partial charge is 0.261 e. The molecule has 0 unspecified atom stereocenters. The Morgan fingerprint density at radius 2 is 2.06 bits per heavy atom. The Kier molecular flexibility index (Phi) is 5.89. The van der Waals surface area contributed by atoms with E-state index in [1.165, 1.54) is 4.57 Å². The molecule has 0 radical (unpaired) electrons. The van der Waals surface area contributed by atoms with Crippen molar-refractivity contribution in [3.63, 3.8) is 0 Å². The predicted molar refractivity (Wildman–Crippen MR) is 129 cm³/mol. The summed E-state index contributed by atoms with van der Waals surface area (Å²) in [5.74, 6) is 2.26. The van der Waals surface area contributed by atoms with Gasteiger partial charge >= 0.3 is 0 Å². The Labute approximate surface area is 186 Å². The molecule has 0 amide bonds. The number of rotatable bonds is 5. The van der Waals surface area contributed by atoms with Gasteiger partial charge in [0.05, 0.1) is 11.1 Å². The first-order valence-corrected chi connectivity index (χ1v) is 10.7. The maximum atomic E-state index is 12.6. The fourth-order valence-corrected chi connectivity index (χ4v) is 3.94. The van der Waals surface area contributed by atoms with Crippen LogP contribution in [0.2, 0.25) is 0 Å². The molecule has 9 nitrogen and oxygen atoms in total. The molecule has 4 rings (SSSR count). The van der Waals surface area contributed by atoms with E-state index in [-0.39, 0.29) is 17.0 Å². The lowest BCUT2D eigenvalue weighted by molar-refractivity contribution is 0.434. The number of pyridine rings is 1. The van der Waals surface area contributed by atoms with Crippen molar-refractivity contribution in [2.45, 2.75) is 26.7 Å². The zero-order valence-corrected chi connectivity index (χ0v) is 18.6. The highest BCUT2D eigenvalue weighted by Crippen LogP contribution is 2.26. The van der Waals surface area contributed by atoms with Crippen molar-refractivity contribution in [3.8, 4) is 0 Å². The van der Waals surface area contributed by atoms with Crippen molar-refractivity contribution in [2.24, 2.45) is 23.7 Å². The molecule has 1 fully saturated rings. The predicted octanol–water partition coefficient (Wildman–Crippen LogP) is 2.93. The Morgan fingerprint density at radius 3 is 2.78 bits per heavy atom. The summed E-state index contributed by atoms with van der Waals surface area (Å²) in [4.78, 5) is 27.9. The van der Waals surface area contributed by atoms with Crippen LogP contribution in [-0.4, -0.2) is 39.8 Å². The van der Waals surface area contributed by atoms with E-state index in [4.69, 9.17) is 16.1 Å². The van der Waals surface area contributed by atoms with Crippen molar-refractivity contribution in [1.82, 2.24) is 14.5 Å². The van der Waals surface area contributed by atoms with E-state index in [0.29, 0.717) is 0 Å². The molecule has 3 heterocycles. The van der Waals surface area contributed by atoms with Crippen molar-refractivity contribution in [2.75, 3.05) is 23.3 Å². The number of piperidine rings is 1. The van der Waals surface area contributed by atoms with Gasteiger partial charge in [0.25, 0.3) is 5.56 Å². The molecular formula is C23H28N8O. The van der Waals surface area contributed by atoms with Gasteiger partial charge in [0.15, 0.2) is 0 Å². The molecule has 4 N–H and O–H groups in total. The van der Waals surface area contributed by atoms with Gasteiger partial charge in [-0.2, -0.15) is 4.98 Å². The van der Waals surface area contributed by atoms with E-state index in [2.05, 4.69) is 27.1 Å². The highest BCUT2D eigenvalue weighted by molar-refractivity contribution is 6.03. The lowest BCUT2D eigenvalue weighted by Crippen LogP contribution is -2.34. The van der Waals surface area contributed by atoms with Crippen molar-refractivity contribution >= 4 is 40.5 Å². The van der Waals surface area contributed by atoms with Crippen LogP contribution in [-0.2, 0) is 7.05 Å². The lowest BCUT2D eigenvalue weighted by atomic mass is 10.00. The zero-order chi connectivity index (χ0) is 22.8. The molecule has 9 heteroatoms. The largest absolute Gasteiger partial charge is 0.383 e. The second kappa shape index (κ2) is 8.78. The third-order valence-corrected chi connectivity index (χ3v) is 5.99. The second-order valence-corrected chi connectivity index (χ2v) is 8.34. The van der Waals surface area contributed by atoms with Gasteiger partial charge in [-0.05, 0) is 49.9 Å². The van der Waals surface area contributed by atoms with Crippen LogP contribution in [0, 0.1) is 18.3 Å². The summed E-state index contributed by atoms with van der Waals surface area (Å²) in [6.45, 7) is 6.19. The van der Waals surface area contributed by atoms with E-state index >= 15 is 0 Å². The summed E-state index contributed by atoms with van der Waals surface area (Å²) in [7, 11) is 1.69. The summed E-state index contributed by atoms with van der Waals surface area (Å²) >= 11 is 0. The molecule has 0 saturated carbocycles. The third kappa shape index (κ3) is 4.18. The number of nitrogens with zero attached hydrogens (tertiary/aromatic N) is 5. The van der Waals surface area contributed by atoms with Crippen LogP contribution in [0.4, 0.5) is 17.5 Å². The molecule has 0 aliphatic carbocycles. The molecule has 0 bridgehead atoms. The first-order chi connectivity index (χ1) is 15.4. The van der Waals surface area contributed by atoms with Crippen molar-refractivity contribution in [3.05, 3.63) is 51.9 Å². The van der Waals surface area contributed by atoms with Crippen molar-refractivity contribution < 1.29 is 0 Å². The first kappa shape index (κ1) is 21.5. The molecule has 1 aromatic carbocycles. The number of hydrogen-bond acceptors (Lipinski definition) is 6. The number of benzene rings is 1. The van der Waals surface area contributed by atoms with Crippen LogP contribution in [0.15, 0.2) is 40.2 Å². The summed E-state index contributed by atoms with van der Waals surface area (Å²) in [6.07, 6.45) is 4.97. The number of anilines is 3. The normalized spacial score (nSPS) is 15.2. The number of nitrogens with one attached hydrogen (secondary N) is 2. The Balaban J connectivity index is 1.68. The number of fused-ring (bicyclic) bond motifs is 1. The van der Waals surface area contributed by atoms with Gasteiger partial charge in [0, 0.05) is 43.0 Å². The van der Waals surface area contributed by atoms with Gasteiger partial charge in [0.2, 0.25) is 5.95 Å². The van der Waals surface area contributed by atoms with Crippen LogP contribution < -0.4 is 21.5 Å². The van der Waals surface area contributed by atoms with E-state index in [1.807, 2.05) is 31.3 Å². The molecule has 0 atom stereocenters. The molecule has 166 valence electrons. The van der Waals surface area contributed by atoms with E-state index in [9.17, 15) is 4.79 Å². The van der Waals surface area contributed by atoms with Crippen molar-refractivity contribution in [1.29, 1.82) is 5.41 Å². The van der Waals surface area contributed by atoms with Crippen LogP contribution in [0.5, 0.6) is 0 Å². The van der Waals surface area contributed by atoms with Crippen LogP contribution in [0.1, 0.15) is 30.9 Å². The fourth-order valence-electron chi connectivity index (χ4n) is 3.94. The standard InChI is InChI=1S/C23H28N8O/c1-14-6-8-31(9-7-14)23-26-12-15(2)21(29-23)28-17-4-5-19-16(10-17)11-18(20(25)27-13-24)22(32)30(19)3/h4-5,10-14H,6-9H2,1-3H3,(H3,24,25,27)(H,26,28,29). The summed E-state index contributed by atoms with van der Waals surface area (Å²) in [5, 5.41) is 11.3. The third-order valence-electron chi connectivity index (χ3n) is 5.99. The minimum Gasteiger partial charge on any atom is -0.383 e. The molecule has 32 heavy (non-hydrogen) atoms. The molecule has 1 aliphatic heterocycles. The quantitative estimate of drug-likeness (QED) is 0.420. The van der Waals surface area contributed by atoms with Gasteiger partial charge < -0.3 is 20.5 Å². The number of aryl methyl sites for hydroxylation is 2. The molecule has 0 spiro atoms. The highest BCUT2D eigenvalue weighted by atomic mass is 16.1. The summed E-state index contributed by atoms with van der Waals surface area (Å²) in [5.41, 5.74) is 8.46. The van der Waals surface area contributed by atoms with Gasteiger partial charge in [-0.25, -0.2) is 9.98 Å².